The predicted molar refractivity (Wildman–Crippen MR) is 73.5 cm³/mol. The van der Waals surface area contributed by atoms with Crippen LogP contribution in [0.3, 0.4) is 0 Å². The zero-order valence-electron chi connectivity index (χ0n) is 10.0. The Labute approximate surface area is 114 Å². The molecule has 0 radical (unpaired) electrons. The van der Waals surface area contributed by atoms with Crippen LogP contribution in [0.1, 0.15) is 22.8 Å². The van der Waals surface area contributed by atoms with Gasteiger partial charge in [0, 0.05) is 10.5 Å². The summed E-state index contributed by atoms with van der Waals surface area (Å²) in [5.74, 6) is -0.0709. The maximum atomic E-state index is 12.0. The fraction of sp³-hybridized carbons (Fsp3) is 0.214. The van der Waals surface area contributed by atoms with Crippen LogP contribution in [-0.4, -0.2) is 11.9 Å². The van der Waals surface area contributed by atoms with Gasteiger partial charge in [-0.05, 0) is 53.0 Å². The molecule has 0 unspecified atom stereocenters. The highest BCUT2D eigenvalue weighted by atomic mass is 79.9. The fourth-order valence-electron chi connectivity index (χ4n) is 1.76. The Hall–Kier alpha value is -1.55. The van der Waals surface area contributed by atoms with Crippen molar-refractivity contribution in [2.24, 2.45) is 0 Å². The van der Waals surface area contributed by atoms with Crippen molar-refractivity contribution in [1.29, 1.82) is 0 Å². The van der Waals surface area contributed by atoms with Gasteiger partial charge in [0.1, 0.15) is 0 Å². The largest absolute Gasteiger partial charge is 0.472 e. The first kappa shape index (κ1) is 12.9. The van der Waals surface area contributed by atoms with Gasteiger partial charge >= 0.3 is 0 Å². The molecule has 1 atom stereocenters. The van der Waals surface area contributed by atoms with E-state index in [1.807, 2.05) is 31.2 Å². The number of carbonyl (C=O) groups excluding carboxylic acids is 1. The van der Waals surface area contributed by atoms with Crippen molar-refractivity contribution in [1.82, 2.24) is 5.32 Å². The highest BCUT2D eigenvalue weighted by Crippen LogP contribution is 2.16. The third-order valence-electron chi connectivity index (χ3n) is 2.62. The quantitative estimate of drug-likeness (QED) is 0.940. The van der Waals surface area contributed by atoms with Crippen molar-refractivity contribution in [2.75, 3.05) is 0 Å². The van der Waals surface area contributed by atoms with E-state index in [2.05, 4.69) is 21.2 Å². The number of hydrogen-bond acceptors (Lipinski definition) is 2. The van der Waals surface area contributed by atoms with E-state index in [1.165, 1.54) is 0 Å². The standard InChI is InChI=1S/C14H14BrNO2/c1-10(8-11-6-7-18-9-11)16-14(17)12-4-2-3-5-13(12)15/h2-7,9-10H,8H2,1H3,(H,16,17)/t10-/m1/s1. The SMILES string of the molecule is C[C@H](Cc1ccoc1)NC(=O)c1ccccc1Br. The van der Waals surface area contributed by atoms with Crippen LogP contribution in [0.2, 0.25) is 0 Å². The molecule has 2 rings (SSSR count). The van der Waals surface area contributed by atoms with Gasteiger partial charge in [0.25, 0.3) is 5.91 Å². The van der Waals surface area contributed by atoms with Gasteiger partial charge < -0.3 is 9.73 Å². The Bertz CT molecular complexity index is 522. The second-order valence-electron chi connectivity index (χ2n) is 4.19. The molecule has 0 aliphatic rings. The molecule has 1 heterocycles. The van der Waals surface area contributed by atoms with Crippen LogP contribution in [0.4, 0.5) is 0 Å². The normalized spacial score (nSPS) is 12.1. The topological polar surface area (TPSA) is 42.2 Å². The first-order chi connectivity index (χ1) is 8.66. The molecule has 4 heteroatoms. The van der Waals surface area contributed by atoms with Gasteiger partial charge in [0.2, 0.25) is 0 Å². The smallest absolute Gasteiger partial charge is 0.252 e. The summed E-state index contributed by atoms with van der Waals surface area (Å²) in [5, 5.41) is 2.96. The number of rotatable bonds is 4. The number of nitrogens with one attached hydrogen (secondary N) is 1. The molecule has 0 saturated heterocycles. The molecule has 1 aromatic heterocycles. The number of halogens is 1. The average molecular weight is 308 g/mol. The maximum Gasteiger partial charge on any atom is 0.252 e. The van der Waals surface area contributed by atoms with Gasteiger partial charge in [-0.2, -0.15) is 0 Å². The van der Waals surface area contributed by atoms with E-state index < -0.39 is 0 Å². The summed E-state index contributed by atoms with van der Waals surface area (Å²) in [6, 6.07) is 9.35. The number of furan rings is 1. The minimum Gasteiger partial charge on any atom is -0.472 e. The van der Waals surface area contributed by atoms with Gasteiger partial charge in [0.15, 0.2) is 0 Å². The van der Waals surface area contributed by atoms with Crippen molar-refractivity contribution in [3.8, 4) is 0 Å². The Morgan fingerprint density at radius 1 is 1.39 bits per heavy atom. The Balaban J connectivity index is 1.97. The molecule has 0 aliphatic carbocycles. The van der Waals surface area contributed by atoms with Gasteiger partial charge in [-0.3, -0.25) is 4.79 Å². The van der Waals surface area contributed by atoms with Crippen LogP contribution in [0, 0.1) is 0 Å². The summed E-state index contributed by atoms with van der Waals surface area (Å²) in [6.45, 7) is 1.97. The summed E-state index contributed by atoms with van der Waals surface area (Å²) in [6.07, 6.45) is 4.09. The predicted octanol–water partition coefficient (Wildman–Crippen LogP) is 3.40. The van der Waals surface area contributed by atoms with Crippen LogP contribution in [0.5, 0.6) is 0 Å². The van der Waals surface area contributed by atoms with Crippen molar-refractivity contribution in [3.05, 3.63) is 58.5 Å². The first-order valence-corrected chi connectivity index (χ1v) is 6.52. The molecule has 0 bridgehead atoms. The Kier molecular flexibility index (Phi) is 4.20. The molecule has 1 N–H and O–H groups in total. The summed E-state index contributed by atoms with van der Waals surface area (Å²) in [4.78, 5) is 12.0. The van der Waals surface area contributed by atoms with Gasteiger partial charge in [-0.15, -0.1) is 0 Å². The van der Waals surface area contributed by atoms with E-state index in [0.717, 1.165) is 16.5 Å². The highest BCUT2D eigenvalue weighted by Gasteiger charge is 2.12. The molecule has 3 nitrogen and oxygen atoms in total. The lowest BCUT2D eigenvalue weighted by Gasteiger charge is -2.13. The van der Waals surface area contributed by atoms with E-state index in [9.17, 15) is 4.79 Å². The summed E-state index contributed by atoms with van der Waals surface area (Å²) in [7, 11) is 0. The minimum atomic E-state index is -0.0709. The van der Waals surface area contributed by atoms with E-state index in [-0.39, 0.29) is 11.9 Å². The monoisotopic (exact) mass is 307 g/mol. The van der Waals surface area contributed by atoms with Crippen LogP contribution in [0.15, 0.2) is 51.7 Å². The third kappa shape index (κ3) is 3.23. The molecule has 1 amide bonds. The second-order valence-corrected chi connectivity index (χ2v) is 5.04. The minimum absolute atomic E-state index is 0.0576. The van der Waals surface area contributed by atoms with E-state index in [4.69, 9.17) is 4.42 Å². The third-order valence-corrected chi connectivity index (χ3v) is 3.31. The van der Waals surface area contributed by atoms with Crippen molar-refractivity contribution < 1.29 is 9.21 Å². The lowest BCUT2D eigenvalue weighted by Crippen LogP contribution is -2.34. The molecule has 0 aliphatic heterocycles. The average Bonchev–Trinajstić information content (AvgIpc) is 2.82. The highest BCUT2D eigenvalue weighted by molar-refractivity contribution is 9.10. The van der Waals surface area contributed by atoms with Crippen molar-refractivity contribution in [2.45, 2.75) is 19.4 Å². The van der Waals surface area contributed by atoms with Gasteiger partial charge in [-0.25, -0.2) is 0 Å². The summed E-state index contributed by atoms with van der Waals surface area (Å²) >= 11 is 3.37. The first-order valence-electron chi connectivity index (χ1n) is 5.73. The van der Waals surface area contributed by atoms with E-state index >= 15 is 0 Å². The molecular formula is C14H14BrNO2. The lowest BCUT2D eigenvalue weighted by atomic mass is 10.1. The number of hydrogen-bond donors (Lipinski definition) is 1. The molecule has 2 aromatic rings. The van der Waals surface area contributed by atoms with Crippen LogP contribution < -0.4 is 5.32 Å². The number of carbonyl (C=O) groups is 1. The molecule has 18 heavy (non-hydrogen) atoms. The summed E-state index contributed by atoms with van der Waals surface area (Å²) in [5.41, 5.74) is 1.73. The van der Waals surface area contributed by atoms with Gasteiger partial charge in [-0.1, -0.05) is 12.1 Å². The van der Waals surface area contributed by atoms with Crippen LogP contribution in [-0.2, 0) is 6.42 Å². The maximum absolute atomic E-state index is 12.0. The van der Waals surface area contributed by atoms with E-state index in [1.54, 1.807) is 18.6 Å². The zero-order valence-corrected chi connectivity index (χ0v) is 11.6. The van der Waals surface area contributed by atoms with Crippen LogP contribution in [0.25, 0.3) is 0 Å². The molecule has 0 saturated carbocycles. The van der Waals surface area contributed by atoms with E-state index in [0.29, 0.717) is 5.56 Å². The number of benzene rings is 1. The fourth-order valence-corrected chi connectivity index (χ4v) is 2.23. The van der Waals surface area contributed by atoms with Crippen LogP contribution >= 0.6 is 15.9 Å². The summed E-state index contributed by atoms with van der Waals surface area (Å²) < 4.78 is 5.81. The van der Waals surface area contributed by atoms with Crippen molar-refractivity contribution in [3.63, 3.8) is 0 Å². The van der Waals surface area contributed by atoms with Crippen molar-refractivity contribution >= 4 is 21.8 Å². The second kappa shape index (κ2) is 5.87. The zero-order chi connectivity index (χ0) is 13.0. The molecule has 1 aromatic carbocycles. The Morgan fingerprint density at radius 3 is 2.83 bits per heavy atom. The molecule has 0 fully saturated rings. The molecule has 0 spiro atoms. The number of amides is 1. The lowest BCUT2D eigenvalue weighted by molar-refractivity contribution is 0.0939. The molecule has 94 valence electrons. The Morgan fingerprint density at radius 2 is 2.17 bits per heavy atom. The molecular weight excluding hydrogens is 294 g/mol. The van der Waals surface area contributed by atoms with Gasteiger partial charge in [0.05, 0.1) is 18.1 Å².